The molecule has 0 unspecified atom stereocenters. The van der Waals surface area contributed by atoms with Gasteiger partial charge < -0.3 is 5.73 Å². The normalized spacial score (nSPS) is 10.4. The largest absolute Gasteiger partial charge is 0.384 e. The van der Waals surface area contributed by atoms with E-state index >= 15 is 0 Å². The number of nitrogen functional groups attached to an aromatic ring is 1. The Labute approximate surface area is 83.2 Å². The molecule has 0 saturated heterocycles. The zero-order chi connectivity index (χ0) is 9.97. The van der Waals surface area contributed by atoms with Gasteiger partial charge in [-0.15, -0.1) is 0 Å². The van der Waals surface area contributed by atoms with E-state index < -0.39 is 0 Å². The maximum atomic E-state index is 5.85. The molecule has 0 radical (unpaired) electrons. The molecular formula is C11H13N3. The molecule has 0 aliphatic carbocycles. The zero-order valence-electron chi connectivity index (χ0n) is 8.14. The SMILES string of the molecule is Cn1ncc(Cc2ccccc2)c1N. The first kappa shape index (κ1) is 8.81. The lowest BCUT2D eigenvalue weighted by Crippen LogP contribution is -1.99. The molecule has 2 rings (SSSR count). The van der Waals surface area contributed by atoms with Gasteiger partial charge in [-0.1, -0.05) is 30.3 Å². The van der Waals surface area contributed by atoms with E-state index in [9.17, 15) is 0 Å². The smallest absolute Gasteiger partial charge is 0.124 e. The third kappa shape index (κ3) is 1.62. The number of hydrogen-bond acceptors (Lipinski definition) is 2. The fourth-order valence-corrected chi connectivity index (χ4v) is 1.44. The van der Waals surface area contributed by atoms with Crippen LogP contribution in [0.1, 0.15) is 11.1 Å². The summed E-state index contributed by atoms with van der Waals surface area (Å²) in [6.45, 7) is 0. The Kier molecular flexibility index (Phi) is 2.23. The van der Waals surface area contributed by atoms with Gasteiger partial charge in [-0.05, 0) is 5.56 Å². The highest BCUT2D eigenvalue weighted by atomic mass is 15.3. The summed E-state index contributed by atoms with van der Waals surface area (Å²) in [5.41, 5.74) is 8.19. The molecule has 0 fully saturated rings. The van der Waals surface area contributed by atoms with Crippen molar-refractivity contribution < 1.29 is 0 Å². The van der Waals surface area contributed by atoms with E-state index in [4.69, 9.17) is 5.73 Å². The van der Waals surface area contributed by atoms with Crippen LogP contribution >= 0.6 is 0 Å². The van der Waals surface area contributed by atoms with Gasteiger partial charge in [0.1, 0.15) is 5.82 Å². The van der Waals surface area contributed by atoms with Crippen LogP contribution in [0.4, 0.5) is 5.82 Å². The first-order valence-electron chi connectivity index (χ1n) is 4.57. The lowest BCUT2D eigenvalue weighted by Gasteiger charge is -2.00. The minimum absolute atomic E-state index is 0.744. The van der Waals surface area contributed by atoms with Gasteiger partial charge in [0, 0.05) is 19.0 Å². The standard InChI is InChI=1S/C11H13N3/c1-14-11(12)10(8-13-14)7-9-5-3-2-4-6-9/h2-6,8H,7,12H2,1H3. The van der Waals surface area contributed by atoms with Crippen molar-refractivity contribution in [3.05, 3.63) is 47.7 Å². The Morgan fingerprint density at radius 1 is 1.29 bits per heavy atom. The molecule has 0 spiro atoms. The van der Waals surface area contributed by atoms with E-state index in [1.54, 1.807) is 4.68 Å². The highest BCUT2D eigenvalue weighted by Gasteiger charge is 2.04. The lowest BCUT2D eigenvalue weighted by atomic mass is 10.1. The average molecular weight is 187 g/mol. The number of benzene rings is 1. The van der Waals surface area contributed by atoms with Crippen LogP contribution in [0.3, 0.4) is 0 Å². The number of nitrogens with two attached hydrogens (primary N) is 1. The van der Waals surface area contributed by atoms with Crippen LogP contribution in [-0.2, 0) is 13.5 Å². The minimum atomic E-state index is 0.744. The fraction of sp³-hybridized carbons (Fsp3) is 0.182. The Bertz CT molecular complexity index is 417. The van der Waals surface area contributed by atoms with Crippen molar-refractivity contribution in [3.8, 4) is 0 Å². The van der Waals surface area contributed by atoms with E-state index in [2.05, 4.69) is 17.2 Å². The minimum Gasteiger partial charge on any atom is -0.384 e. The van der Waals surface area contributed by atoms with Crippen LogP contribution in [0.25, 0.3) is 0 Å². The van der Waals surface area contributed by atoms with Crippen LogP contribution < -0.4 is 5.73 Å². The monoisotopic (exact) mass is 187 g/mol. The van der Waals surface area contributed by atoms with Crippen molar-refractivity contribution in [2.75, 3.05) is 5.73 Å². The molecule has 3 heteroatoms. The second-order valence-electron chi connectivity index (χ2n) is 3.34. The molecule has 14 heavy (non-hydrogen) atoms. The summed E-state index contributed by atoms with van der Waals surface area (Å²) in [7, 11) is 1.85. The molecule has 2 N–H and O–H groups in total. The Morgan fingerprint density at radius 2 is 2.00 bits per heavy atom. The second kappa shape index (κ2) is 3.54. The van der Waals surface area contributed by atoms with Gasteiger partial charge in [0.15, 0.2) is 0 Å². The van der Waals surface area contributed by atoms with Crippen molar-refractivity contribution in [1.29, 1.82) is 0 Å². The molecule has 3 nitrogen and oxygen atoms in total. The molecule has 2 aromatic rings. The summed E-state index contributed by atoms with van der Waals surface area (Å²) >= 11 is 0. The van der Waals surface area contributed by atoms with Gasteiger partial charge in [0.25, 0.3) is 0 Å². The average Bonchev–Trinajstić information content (AvgIpc) is 2.52. The summed E-state index contributed by atoms with van der Waals surface area (Å²) in [5, 5.41) is 4.10. The molecule has 0 bridgehead atoms. The van der Waals surface area contributed by atoms with Gasteiger partial charge in [-0.2, -0.15) is 5.10 Å². The lowest BCUT2D eigenvalue weighted by molar-refractivity contribution is 0.778. The maximum Gasteiger partial charge on any atom is 0.124 e. The number of aryl methyl sites for hydroxylation is 1. The predicted molar refractivity (Wildman–Crippen MR) is 56.9 cm³/mol. The fourth-order valence-electron chi connectivity index (χ4n) is 1.44. The van der Waals surface area contributed by atoms with Crippen LogP contribution in [0.15, 0.2) is 36.5 Å². The second-order valence-corrected chi connectivity index (χ2v) is 3.34. The van der Waals surface area contributed by atoms with Gasteiger partial charge >= 0.3 is 0 Å². The van der Waals surface area contributed by atoms with Gasteiger partial charge in [-0.3, -0.25) is 4.68 Å². The van der Waals surface area contributed by atoms with E-state index in [1.807, 2.05) is 31.4 Å². The first-order chi connectivity index (χ1) is 6.77. The summed E-state index contributed by atoms with van der Waals surface area (Å²) in [6.07, 6.45) is 2.67. The third-order valence-electron chi connectivity index (χ3n) is 2.30. The number of anilines is 1. The van der Waals surface area contributed by atoms with Crippen molar-refractivity contribution in [2.45, 2.75) is 6.42 Å². The van der Waals surface area contributed by atoms with E-state index in [0.717, 1.165) is 17.8 Å². The zero-order valence-corrected chi connectivity index (χ0v) is 8.14. The van der Waals surface area contributed by atoms with Gasteiger partial charge in [0.05, 0.1) is 6.20 Å². The number of hydrogen-bond donors (Lipinski definition) is 1. The van der Waals surface area contributed by atoms with Gasteiger partial charge in [-0.25, -0.2) is 0 Å². The van der Waals surface area contributed by atoms with E-state index in [0.29, 0.717) is 0 Å². The molecule has 0 atom stereocenters. The number of aromatic nitrogens is 2. The van der Waals surface area contributed by atoms with Crippen LogP contribution in [0.5, 0.6) is 0 Å². The summed E-state index contributed by atoms with van der Waals surface area (Å²) in [5.74, 6) is 0.744. The predicted octanol–water partition coefficient (Wildman–Crippen LogP) is 1.59. The van der Waals surface area contributed by atoms with Crippen LogP contribution in [0.2, 0.25) is 0 Å². The molecule has 72 valence electrons. The highest BCUT2D eigenvalue weighted by Crippen LogP contribution is 2.14. The maximum absolute atomic E-state index is 5.85. The van der Waals surface area contributed by atoms with Crippen molar-refractivity contribution in [3.63, 3.8) is 0 Å². The third-order valence-corrected chi connectivity index (χ3v) is 2.30. The van der Waals surface area contributed by atoms with E-state index in [-0.39, 0.29) is 0 Å². The molecule has 0 saturated carbocycles. The Hall–Kier alpha value is -1.77. The van der Waals surface area contributed by atoms with E-state index in [1.165, 1.54) is 5.56 Å². The summed E-state index contributed by atoms with van der Waals surface area (Å²) in [6, 6.07) is 10.2. The first-order valence-corrected chi connectivity index (χ1v) is 4.57. The molecule has 0 aliphatic rings. The molecule has 0 amide bonds. The van der Waals surface area contributed by atoms with Crippen LogP contribution in [-0.4, -0.2) is 9.78 Å². The molecule has 1 aromatic carbocycles. The Balaban J connectivity index is 2.23. The van der Waals surface area contributed by atoms with Crippen molar-refractivity contribution >= 4 is 5.82 Å². The van der Waals surface area contributed by atoms with Crippen LogP contribution in [0, 0.1) is 0 Å². The number of nitrogens with zero attached hydrogens (tertiary/aromatic N) is 2. The molecule has 1 aromatic heterocycles. The molecule has 1 heterocycles. The summed E-state index contributed by atoms with van der Waals surface area (Å²) < 4.78 is 1.69. The molecular weight excluding hydrogens is 174 g/mol. The Morgan fingerprint density at radius 3 is 2.57 bits per heavy atom. The quantitative estimate of drug-likeness (QED) is 0.776. The topological polar surface area (TPSA) is 43.8 Å². The highest BCUT2D eigenvalue weighted by molar-refractivity contribution is 5.41. The number of rotatable bonds is 2. The molecule has 0 aliphatic heterocycles. The van der Waals surface area contributed by atoms with Gasteiger partial charge in [0.2, 0.25) is 0 Å². The summed E-state index contributed by atoms with van der Waals surface area (Å²) in [4.78, 5) is 0. The van der Waals surface area contributed by atoms with Crippen molar-refractivity contribution in [2.24, 2.45) is 7.05 Å². The van der Waals surface area contributed by atoms with Crippen molar-refractivity contribution in [1.82, 2.24) is 9.78 Å².